The van der Waals surface area contributed by atoms with Crippen LogP contribution in [0.3, 0.4) is 0 Å². The molecule has 1 aliphatic heterocycles. The van der Waals surface area contributed by atoms with Crippen molar-refractivity contribution in [1.82, 2.24) is 9.62 Å². The second kappa shape index (κ2) is 9.37. The van der Waals surface area contributed by atoms with Crippen LogP contribution in [0.2, 0.25) is 0 Å². The van der Waals surface area contributed by atoms with Gasteiger partial charge in [0.15, 0.2) is 0 Å². The van der Waals surface area contributed by atoms with E-state index >= 15 is 0 Å². The summed E-state index contributed by atoms with van der Waals surface area (Å²) in [6.45, 7) is 4.13. The second-order valence-electron chi connectivity index (χ2n) is 6.81. The van der Waals surface area contributed by atoms with Gasteiger partial charge in [-0.3, -0.25) is 0 Å². The number of rotatable bonds is 4. The number of urea groups is 1. The lowest BCUT2D eigenvalue weighted by Crippen LogP contribution is -2.50. The molecule has 2 amide bonds. The van der Waals surface area contributed by atoms with Crippen molar-refractivity contribution in [2.45, 2.75) is 39.1 Å². The van der Waals surface area contributed by atoms with Gasteiger partial charge in [-0.1, -0.05) is 19.8 Å². The minimum atomic E-state index is -4.79. The molecule has 0 aromatic heterocycles. The number of benzene rings is 1. The minimum absolute atomic E-state index is 0.0897. The van der Waals surface area contributed by atoms with Crippen LogP contribution in [-0.4, -0.2) is 44.8 Å². The van der Waals surface area contributed by atoms with E-state index in [0.29, 0.717) is 19.4 Å². The maximum atomic E-state index is 12.4. The van der Waals surface area contributed by atoms with Crippen molar-refractivity contribution in [1.29, 1.82) is 0 Å². The molecule has 2 rings (SSSR count). The van der Waals surface area contributed by atoms with Gasteiger partial charge in [-0.15, -0.1) is 13.2 Å². The Morgan fingerprint density at radius 1 is 1.28 bits per heavy atom. The van der Waals surface area contributed by atoms with Gasteiger partial charge >= 0.3 is 12.4 Å². The van der Waals surface area contributed by atoms with Crippen molar-refractivity contribution in [3.05, 3.63) is 24.3 Å². The number of amides is 2. The summed E-state index contributed by atoms with van der Waals surface area (Å²) < 4.78 is 66.8. The van der Waals surface area contributed by atoms with E-state index in [0.717, 1.165) is 12.1 Å². The Kier molecular flexibility index (Phi) is 7.37. The molecule has 7 nitrogen and oxygen atoms in total. The van der Waals surface area contributed by atoms with Gasteiger partial charge in [-0.2, -0.15) is 13.1 Å². The number of piperidine rings is 1. The lowest BCUT2D eigenvalue weighted by molar-refractivity contribution is -0.274. The first kappa shape index (κ1) is 22.8. The molecule has 11 heteroatoms. The minimum Gasteiger partial charge on any atom is -0.406 e. The Labute approximate surface area is 167 Å². The maximum absolute atomic E-state index is 12.4. The van der Waals surface area contributed by atoms with Gasteiger partial charge in [0.2, 0.25) is 0 Å². The van der Waals surface area contributed by atoms with Crippen molar-refractivity contribution in [3.63, 3.8) is 0 Å². The number of nitrogens with one attached hydrogen (secondary N) is 2. The highest BCUT2D eigenvalue weighted by molar-refractivity contribution is 7.94. The summed E-state index contributed by atoms with van der Waals surface area (Å²) >= 11 is 0. The van der Waals surface area contributed by atoms with E-state index in [9.17, 15) is 26.4 Å². The average Bonchev–Trinajstić information content (AvgIpc) is 2.60. The van der Waals surface area contributed by atoms with Crippen molar-refractivity contribution in [2.24, 2.45) is 5.92 Å². The highest BCUT2D eigenvalue weighted by Gasteiger charge is 2.31. The SMILES string of the molecule is CC(C)C#CS(=O)(=O)N[C@@H]1CCCN(C(=O)Nc2ccc(OC(F)(F)F)cc2)C1. The number of hydrogen-bond acceptors (Lipinski definition) is 4. The molecule has 1 aromatic carbocycles. The van der Waals surface area contributed by atoms with Crippen molar-refractivity contribution in [3.8, 4) is 16.9 Å². The van der Waals surface area contributed by atoms with Crippen LogP contribution < -0.4 is 14.8 Å². The van der Waals surface area contributed by atoms with Gasteiger partial charge in [-0.25, -0.2) is 4.79 Å². The third kappa shape index (κ3) is 8.21. The van der Waals surface area contributed by atoms with Crippen LogP contribution in [0, 0.1) is 17.1 Å². The molecule has 0 spiro atoms. The van der Waals surface area contributed by atoms with Crippen LogP contribution in [-0.2, 0) is 10.0 Å². The zero-order chi connectivity index (χ0) is 21.7. The third-order valence-electron chi connectivity index (χ3n) is 3.85. The van der Waals surface area contributed by atoms with Crippen LogP contribution in [0.4, 0.5) is 23.7 Å². The molecule has 1 fully saturated rings. The lowest BCUT2D eigenvalue weighted by atomic mass is 10.1. The summed E-state index contributed by atoms with van der Waals surface area (Å²) in [5, 5.41) is 4.78. The first-order valence-electron chi connectivity index (χ1n) is 8.90. The summed E-state index contributed by atoms with van der Waals surface area (Å²) in [7, 11) is -3.78. The molecule has 1 aliphatic rings. The molecule has 0 saturated carbocycles. The van der Waals surface area contributed by atoms with Crippen LogP contribution in [0.1, 0.15) is 26.7 Å². The van der Waals surface area contributed by atoms with Gasteiger partial charge in [0, 0.05) is 36.0 Å². The van der Waals surface area contributed by atoms with Gasteiger partial charge < -0.3 is 15.0 Å². The van der Waals surface area contributed by atoms with Crippen LogP contribution in [0.5, 0.6) is 5.75 Å². The van der Waals surface area contributed by atoms with E-state index in [4.69, 9.17) is 0 Å². The summed E-state index contributed by atoms with van der Waals surface area (Å²) in [5.74, 6) is 2.10. The van der Waals surface area contributed by atoms with Crippen LogP contribution >= 0.6 is 0 Å². The van der Waals surface area contributed by atoms with Crippen LogP contribution in [0.25, 0.3) is 0 Å². The number of sulfonamides is 1. The lowest BCUT2D eigenvalue weighted by Gasteiger charge is -2.32. The Hall–Kier alpha value is -2.45. The maximum Gasteiger partial charge on any atom is 0.573 e. The number of likely N-dealkylation sites (tertiary alicyclic amines) is 1. The molecule has 0 unspecified atom stereocenters. The fourth-order valence-corrected chi connectivity index (χ4v) is 3.73. The molecule has 1 atom stereocenters. The zero-order valence-corrected chi connectivity index (χ0v) is 16.7. The number of alkyl halides is 3. The summed E-state index contributed by atoms with van der Waals surface area (Å²) in [4.78, 5) is 13.8. The van der Waals surface area contributed by atoms with Crippen molar-refractivity contribution in [2.75, 3.05) is 18.4 Å². The fraction of sp³-hybridized carbons (Fsp3) is 0.500. The van der Waals surface area contributed by atoms with E-state index < -0.39 is 34.2 Å². The quantitative estimate of drug-likeness (QED) is 0.715. The zero-order valence-electron chi connectivity index (χ0n) is 15.9. The topological polar surface area (TPSA) is 87.7 Å². The van der Waals surface area contributed by atoms with Gasteiger partial charge in [0.05, 0.1) is 0 Å². The first-order chi connectivity index (χ1) is 13.4. The number of carbonyl (C=O) groups is 1. The number of hydrogen-bond donors (Lipinski definition) is 2. The molecule has 0 aliphatic carbocycles. The fourth-order valence-electron chi connectivity index (χ4n) is 2.64. The Morgan fingerprint density at radius 3 is 2.52 bits per heavy atom. The van der Waals surface area contributed by atoms with E-state index in [1.807, 2.05) is 0 Å². The molecular weight excluding hydrogens is 411 g/mol. The van der Waals surface area contributed by atoms with E-state index in [1.54, 1.807) is 13.8 Å². The Morgan fingerprint density at radius 2 is 1.93 bits per heavy atom. The number of halogens is 3. The molecule has 1 saturated heterocycles. The largest absolute Gasteiger partial charge is 0.573 e. The second-order valence-corrected chi connectivity index (χ2v) is 8.26. The molecular formula is C18H22F3N3O4S. The molecule has 2 N–H and O–H groups in total. The molecule has 29 heavy (non-hydrogen) atoms. The predicted molar refractivity (Wildman–Crippen MR) is 101 cm³/mol. The van der Waals surface area contributed by atoms with Crippen molar-refractivity contribution < 1.29 is 31.1 Å². The smallest absolute Gasteiger partial charge is 0.406 e. The molecule has 0 radical (unpaired) electrons. The number of ether oxygens (including phenoxy) is 1. The van der Waals surface area contributed by atoms with E-state index in [1.165, 1.54) is 17.0 Å². The average molecular weight is 433 g/mol. The first-order valence-corrected chi connectivity index (χ1v) is 10.4. The number of nitrogens with zero attached hydrogens (tertiary/aromatic N) is 1. The number of carbonyl (C=O) groups excluding carboxylic acids is 1. The van der Waals surface area contributed by atoms with Gasteiger partial charge in [0.25, 0.3) is 10.0 Å². The normalized spacial score (nSPS) is 17.4. The van der Waals surface area contributed by atoms with Crippen LogP contribution in [0.15, 0.2) is 24.3 Å². The molecule has 1 heterocycles. The van der Waals surface area contributed by atoms with Gasteiger partial charge in [-0.05, 0) is 37.1 Å². The third-order valence-corrected chi connectivity index (χ3v) is 4.88. The standard InChI is InChI=1S/C18H22F3N3O4S/c1-13(2)9-11-29(26,27)23-15-4-3-10-24(12-15)17(25)22-14-5-7-16(8-6-14)28-18(19,20)21/h5-8,13,15,23H,3-4,10,12H2,1-2H3,(H,22,25)/t15-/m1/s1. The number of anilines is 1. The summed E-state index contributed by atoms with van der Waals surface area (Å²) in [6, 6.07) is 3.79. The monoisotopic (exact) mass is 433 g/mol. The molecule has 0 bridgehead atoms. The Balaban J connectivity index is 1.93. The Bertz CT molecular complexity index is 874. The molecule has 1 aromatic rings. The summed E-state index contributed by atoms with van der Waals surface area (Å²) in [5.41, 5.74) is 0.287. The van der Waals surface area contributed by atoms with E-state index in [-0.39, 0.29) is 18.2 Å². The van der Waals surface area contributed by atoms with Gasteiger partial charge in [0.1, 0.15) is 5.75 Å². The van der Waals surface area contributed by atoms with Crippen molar-refractivity contribution >= 4 is 21.7 Å². The molecule has 160 valence electrons. The summed E-state index contributed by atoms with van der Waals surface area (Å²) in [6.07, 6.45) is -3.63. The highest BCUT2D eigenvalue weighted by Crippen LogP contribution is 2.24. The highest BCUT2D eigenvalue weighted by atomic mass is 32.2. The predicted octanol–water partition coefficient (Wildman–Crippen LogP) is 3.12. The van der Waals surface area contributed by atoms with E-state index in [2.05, 4.69) is 25.9 Å².